The summed E-state index contributed by atoms with van der Waals surface area (Å²) in [6, 6.07) is 0. The van der Waals surface area contributed by atoms with Crippen molar-refractivity contribution < 1.29 is 14.7 Å². The summed E-state index contributed by atoms with van der Waals surface area (Å²) >= 11 is 0. The first kappa shape index (κ1) is 17.2. The van der Waals surface area contributed by atoms with Crippen LogP contribution in [0.15, 0.2) is 0 Å². The lowest BCUT2D eigenvalue weighted by molar-refractivity contribution is -0.227. The molecule has 0 saturated carbocycles. The Morgan fingerprint density at radius 1 is 1.06 bits per heavy atom. The molecular weight excluding hydrogens is 234 g/mol. The minimum absolute atomic E-state index is 0.281. The predicted molar refractivity (Wildman–Crippen MR) is 70.3 cm³/mol. The van der Waals surface area contributed by atoms with Crippen molar-refractivity contribution >= 4 is 6.09 Å². The van der Waals surface area contributed by atoms with Crippen LogP contribution in [-0.4, -0.2) is 66.2 Å². The average Bonchev–Trinajstić information content (AvgIpc) is 2.32. The number of ether oxygens (including phenoxy) is 1. The molecule has 0 spiro atoms. The molecule has 108 valence electrons. The molecule has 1 N–H and O–H groups in total. The summed E-state index contributed by atoms with van der Waals surface area (Å²) in [5, 5.41) is 12.3. The van der Waals surface area contributed by atoms with Gasteiger partial charge in [-0.3, -0.25) is 5.21 Å². The van der Waals surface area contributed by atoms with Gasteiger partial charge in [0, 0.05) is 33.2 Å². The molecular formula is C12H27N3O3. The summed E-state index contributed by atoms with van der Waals surface area (Å²) in [7, 11) is 1.59. The molecule has 0 aliphatic heterocycles. The van der Waals surface area contributed by atoms with Gasteiger partial charge in [0.25, 0.3) is 0 Å². The van der Waals surface area contributed by atoms with E-state index < -0.39 is 0 Å². The van der Waals surface area contributed by atoms with Crippen molar-refractivity contribution in [2.75, 3.05) is 39.8 Å². The second-order valence-electron chi connectivity index (χ2n) is 4.13. The minimum atomic E-state index is -0.281. The zero-order chi connectivity index (χ0) is 14.0. The molecule has 0 heterocycles. The highest BCUT2D eigenvalue weighted by Gasteiger charge is 2.16. The van der Waals surface area contributed by atoms with Crippen molar-refractivity contribution in [1.82, 2.24) is 15.1 Å². The largest absolute Gasteiger partial charge is 0.450 e. The molecule has 1 amide bonds. The topological polar surface area (TPSA) is 56.2 Å². The van der Waals surface area contributed by atoms with Gasteiger partial charge < -0.3 is 9.64 Å². The summed E-state index contributed by atoms with van der Waals surface area (Å²) < 4.78 is 5.00. The molecule has 0 saturated heterocycles. The highest BCUT2D eigenvalue weighted by molar-refractivity contribution is 5.67. The number of hydrogen-bond acceptors (Lipinski definition) is 5. The van der Waals surface area contributed by atoms with E-state index in [0.29, 0.717) is 26.2 Å². The van der Waals surface area contributed by atoms with Crippen molar-refractivity contribution in [2.45, 2.75) is 33.6 Å². The van der Waals surface area contributed by atoms with Gasteiger partial charge in [-0.05, 0) is 19.8 Å². The average molecular weight is 261 g/mol. The fourth-order valence-corrected chi connectivity index (χ4v) is 1.67. The van der Waals surface area contributed by atoms with Crippen LogP contribution in [-0.2, 0) is 4.74 Å². The van der Waals surface area contributed by atoms with Crippen molar-refractivity contribution in [3.05, 3.63) is 0 Å². The van der Waals surface area contributed by atoms with Crippen molar-refractivity contribution in [3.63, 3.8) is 0 Å². The fraction of sp³-hybridized carbons (Fsp3) is 0.917. The van der Waals surface area contributed by atoms with E-state index in [-0.39, 0.29) is 6.09 Å². The lowest BCUT2D eigenvalue weighted by Gasteiger charge is -2.29. The van der Waals surface area contributed by atoms with E-state index in [1.54, 1.807) is 23.9 Å². The Kier molecular flexibility index (Phi) is 9.63. The van der Waals surface area contributed by atoms with Gasteiger partial charge in [-0.1, -0.05) is 13.8 Å². The van der Waals surface area contributed by atoms with Crippen LogP contribution >= 0.6 is 0 Å². The maximum absolute atomic E-state index is 11.7. The smallest absolute Gasteiger partial charge is 0.409 e. The summed E-state index contributed by atoms with van der Waals surface area (Å²) in [6.07, 6.45) is 1.55. The van der Waals surface area contributed by atoms with Gasteiger partial charge in [0.15, 0.2) is 0 Å². The molecule has 0 bridgehead atoms. The van der Waals surface area contributed by atoms with Gasteiger partial charge in [-0.2, -0.15) is 0 Å². The number of hydrogen-bond donors (Lipinski definition) is 1. The molecule has 0 rings (SSSR count). The molecule has 0 aromatic rings. The van der Waals surface area contributed by atoms with Gasteiger partial charge >= 0.3 is 6.09 Å². The van der Waals surface area contributed by atoms with Crippen molar-refractivity contribution in [3.8, 4) is 0 Å². The Labute approximate surface area is 110 Å². The van der Waals surface area contributed by atoms with E-state index in [2.05, 4.69) is 0 Å². The fourth-order valence-electron chi connectivity index (χ4n) is 1.67. The highest BCUT2D eigenvalue weighted by atomic mass is 16.6. The number of carbonyl (C=O) groups is 1. The Hall–Kier alpha value is -0.850. The standard InChI is InChI=1S/C12H27N3O3/c1-5-8-14(12(16)18-7-3)10-11-15(9-6-2)13(4)17/h17H,5-11H2,1-4H3. The molecule has 0 radical (unpaired) electrons. The monoisotopic (exact) mass is 261 g/mol. The maximum Gasteiger partial charge on any atom is 0.409 e. The third-order valence-electron chi connectivity index (χ3n) is 2.54. The summed E-state index contributed by atoms with van der Waals surface area (Å²) in [6.45, 7) is 8.84. The zero-order valence-corrected chi connectivity index (χ0v) is 12.1. The third-order valence-corrected chi connectivity index (χ3v) is 2.54. The summed E-state index contributed by atoms with van der Waals surface area (Å²) in [5.74, 6) is 0. The number of carbonyl (C=O) groups excluding carboxylic acids is 1. The van der Waals surface area contributed by atoms with Crippen LogP contribution in [0.25, 0.3) is 0 Å². The van der Waals surface area contributed by atoms with Gasteiger partial charge in [0.1, 0.15) is 0 Å². The highest BCUT2D eigenvalue weighted by Crippen LogP contribution is 2.00. The molecule has 0 aromatic carbocycles. The van der Waals surface area contributed by atoms with Crippen LogP contribution in [0, 0.1) is 0 Å². The van der Waals surface area contributed by atoms with Crippen molar-refractivity contribution in [1.29, 1.82) is 0 Å². The van der Waals surface area contributed by atoms with Gasteiger partial charge in [0.2, 0.25) is 0 Å². The predicted octanol–water partition coefficient (Wildman–Crippen LogP) is 1.80. The number of hydrazine groups is 1. The van der Waals surface area contributed by atoms with E-state index in [1.807, 2.05) is 13.8 Å². The molecule has 0 aliphatic carbocycles. The van der Waals surface area contributed by atoms with E-state index in [0.717, 1.165) is 24.6 Å². The molecule has 0 aliphatic rings. The zero-order valence-electron chi connectivity index (χ0n) is 12.1. The van der Waals surface area contributed by atoms with E-state index >= 15 is 0 Å². The Morgan fingerprint density at radius 3 is 2.11 bits per heavy atom. The van der Waals surface area contributed by atoms with E-state index in [9.17, 15) is 10.0 Å². The molecule has 0 unspecified atom stereocenters. The summed E-state index contributed by atoms with van der Waals surface area (Å²) in [5.41, 5.74) is 0. The SMILES string of the molecule is CCCN(CCN(CCC)N(C)O)C(=O)OCC. The molecule has 0 atom stereocenters. The number of hydroxylamine groups is 1. The Bertz CT molecular complexity index is 225. The molecule has 0 fully saturated rings. The second-order valence-corrected chi connectivity index (χ2v) is 4.13. The van der Waals surface area contributed by atoms with Gasteiger partial charge in [0.05, 0.1) is 6.61 Å². The van der Waals surface area contributed by atoms with Crippen LogP contribution < -0.4 is 0 Å². The lowest BCUT2D eigenvalue weighted by Crippen LogP contribution is -2.44. The maximum atomic E-state index is 11.7. The van der Waals surface area contributed by atoms with Crippen LogP contribution in [0.1, 0.15) is 33.6 Å². The third kappa shape index (κ3) is 6.78. The first-order chi connectivity index (χ1) is 8.56. The van der Waals surface area contributed by atoms with Crippen LogP contribution in [0.2, 0.25) is 0 Å². The Morgan fingerprint density at radius 2 is 1.67 bits per heavy atom. The molecule has 0 aromatic heterocycles. The Balaban J connectivity index is 4.26. The number of amides is 1. The van der Waals surface area contributed by atoms with Crippen LogP contribution in [0.5, 0.6) is 0 Å². The van der Waals surface area contributed by atoms with E-state index in [4.69, 9.17) is 4.74 Å². The van der Waals surface area contributed by atoms with E-state index in [1.165, 1.54) is 0 Å². The second kappa shape index (κ2) is 10.1. The minimum Gasteiger partial charge on any atom is -0.450 e. The normalized spacial score (nSPS) is 11.1. The molecule has 6 heteroatoms. The lowest BCUT2D eigenvalue weighted by atomic mass is 10.4. The first-order valence-corrected chi connectivity index (χ1v) is 6.65. The van der Waals surface area contributed by atoms with Crippen molar-refractivity contribution in [2.24, 2.45) is 0 Å². The number of rotatable bonds is 9. The van der Waals surface area contributed by atoms with Gasteiger partial charge in [-0.25, -0.2) is 9.80 Å². The number of nitrogens with zero attached hydrogens (tertiary/aromatic N) is 3. The van der Waals surface area contributed by atoms with Crippen LogP contribution in [0.4, 0.5) is 4.79 Å². The molecule has 18 heavy (non-hydrogen) atoms. The van der Waals surface area contributed by atoms with Gasteiger partial charge in [-0.15, -0.1) is 5.17 Å². The first-order valence-electron chi connectivity index (χ1n) is 6.65. The molecule has 6 nitrogen and oxygen atoms in total. The van der Waals surface area contributed by atoms with Crippen LogP contribution in [0.3, 0.4) is 0 Å². The quantitative estimate of drug-likeness (QED) is 0.641. The summed E-state index contributed by atoms with van der Waals surface area (Å²) in [4.78, 5) is 13.4.